The maximum Gasteiger partial charge on any atom is 0.328 e. The van der Waals surface area contributed by atoms with Gasteiger partial charge in [-0.2, -0.15) is 4.58 Å². The van der Waals surface area contributed by atoms with Crippen molar-refractivity contribution in [2.24, 2.45) is 0 Å². The van der Waals surface area contributed by atoms with Crippen LogP contribution in [0.3, 0.4) is 0 Å². The first-order chi connectivity index (χ1) is 7.27. The first-order valence-corrected chi connectivity index (χ1v) is 5.47. The number of rotatable bonds is 2. The van der Waals surface area contributed by atoms with E-state index < -0.39 is 0 Å². The molecular formula is C13H16O2. The van der Waals surface area contributed by atoms with Crippen molar-refractivity contribution < 1.29 is 9.83 Å². The molecule has 1 aliphatic carbocycles. The van der Waals surface area contributed by atoms with E-state index in [9.17, 15) is 5.26 Å². The molecule has 0 saturated heterocycles. The Morgan fingerprint density at radius 3 is 2.33 bits per heavy atom. The molecule has 2 heteroatoms. The van der Waals surface area contributed by atoms with Gasteiger partial charge >= 0.3 is 6.29 Å². The highest BCUT2D eigenvalue weighted by Gasteiger charge is 2.39. The Morgan fingerprint density at radius 1 is 1.20 bits per heavy atom. The van der Waals surface area contributed by atoms with Crippen LogP contribution >= 0.6 is 0 Å². The van der Waals surface area contributed by atoms with E-state index >= 15 is 0 Å². The van der Waals surface area contributed by atoms with Crippen molar-refractivity contribution in [1.82, 2.24) is 0 Å². The highest BCUT2D eigenvalue weighted by Crippen LogP contribution is 2.39. The third-order valence-electron chi connectivity index (χ3n) is 3.40. The van der Waals surface area contributed by atoms with Crippen LogP contribution in [0.15, 0.2) is 24.3 Å². The minimum absolute atomic E-state index is 0.130. The van der Waals surface area contributed by atoms with E-state index in [1.54, 1.807) is 0 Å². The van der Waals surface area contributed by atoms with Crippen molar-refractivity contribution in [3.05, 3.63) is 35.4 Å². The van der Waals surface area contributed by atoms with Crippen LogP contribution in [0.1, 0.15) is 36.8 Å². The summed E-state index contributed by atoms with van der Waals surface area (Å²) in [5.74, 6) is 0. The fraction of sp³-hybridized carbons (Fsp3) is 0.462. The second-order valence-electron chi connectivity index (χ2n) is 4.44. The zero-order valence-corrected chi connectivity index (χ0v) is 9.03. The van der Waals surface area contributed by atoms with Crippen molar-refractivity contribution >= 4 is 6.29 Å². The van der Waals surface area contributed by atoms with Gasteiger partial charge in [-0.3, -0.25) is 0 Å². The van der Waals surface area contributed by atoms with Gasteiger partial charge in [0.1, 0.15) is 5.41 Å². The van der Waals surface area contributed by atoms with Crippen LogP contribution in [0.5, 0.6) is 0 Å². The Bertz CT molecular complexity index is 345. The predicted molar refractivity (Wildman–Crippen MR) is 57.4 cm³/mol. The number of benzene rings is 1. The summed E-state index contributed by atoms with van der Waals surface area (Å²) < 4.78 is 4.04. The highest BCUT2D eigenvalue weighted by molar-refractivity contribution is 5.69. The molecule has 0 spiro atoms. The zero-order chi connectivity index (χ0) is 10.7. The van der Waals surface area contributed by atoms with Gasteiger partial charge in [0.25, 0.3) is 0 Å². The van der Waals surface area contributed by atoms with Gasteiger partial charge in [0, 0.05) is 0 Å². The SMILES string of the molecule is Cc1ccc(C2(C=[O+][O-])CCCC2)cc1. The summed E-state index contributed by atoms with van der Waals surface area (Å²) in [6, 6.07) is 8.40. The molecule has 1 fully saturated rings. The van der Waals surface area contributed by atoms with Crippen LogP contribution in [0.4, 0.5) is 0 Å². The maximum atomic E-state index is 10.4. The Labute approximate surface area is 90.2 Å². The second kappa shape index (κ2) is 4.05. The van der Waals surface area contributed by atoms with Gasteiger partial charge in [0.05, 0.1) is 0 Å². The largest absolute Gasteiger partial charge is 0.463 e. The lowest BCUT2D eigenvalue weighted by Gasteiger charge is -2.19. The zero-order valence-electron chi connectivity index (χ0n) is 9.03. The van der Waals surface area contributed by atoms with Crippen LogP contribution in [0, 0.1) is 6.92 Å². The number of hydrogen-bond acceptors (Lipinski definition) is 1. The number of carbonyl (C=O) groups excluding carboxylic acids is 1. The van der Waals surface area contributed by atoms with E-state index in [1.807, 2.05) is 0 Å². The molecule has 15 heavy (non-hydrogen) atoms. The maximum absolute atomic E-state index is 10.4. The van der Waals surface area contributed by atoms with E-state index in [0.717, 1.165) is 12.8 Å². The molecule has 1 aromatic carbocycles. The van der Waals surface area contributed by atoms with Gasteiger partial charge in [-0.1, -0.05) is 42.7 Å². The van der Waals surface area contributed by atoms with Crippen LogP contribution in [-0.4, -0.2) is 6.29 Å². The standard InChI is InChI=1S/C13H16O2/c1-11-4-6-12(7-5-11)13(10-15-14)8-2-3-9-13/h4-7,10H,2-3,8-9H2,1H3. The van der Waals surface area contributed by atoms with E-state index in [1.165, 1.54) is 30.3 Å². The summed E-state index contributed by atoms with van der Waals surface area (Å²) in [5.41, 5.74) is 2.33. The fourth-order valence-electron chi connectivity index (χ4n) is 2.46. The van der Waals surface area contributed by atoms with E-state index in [-0.39, 0.29) is 5.41 Å². The summed E-state index contributed by atoms with van der Waals surface area (Å²) in [4.78, 5) is 0. The lowest BCUT2D eigenvalue weighted by Crippen LogP contribution is -2.26. The lowest BCUT2D eigenvalue weighted by molar-refractivity contribution is -1.04. The Morgan fingerprint density at radius 2 is 1.80 bits per heavy atom. The number of aryl methyl sites for hydroxylation is 1. The highest BCUT2D eigenvalue weighted by atomic mass is 17.1. The molecule has 1 saturated carbocycles. The van der Waals surface area contributed by atoms with Crippen molar-refractivity contribution in [2.45, 2.75) is 38.0 Å². The predicted octanol–water partition coefficient (Wildman–Crippen LogP) is 1.82. The van der Waals surface area contributed by atoms with E-state index in [2.05, 4.69) is 35.8 Å². The van der Waals surface area contributed by atoms with Crippen molar-refractivity contribution in [1.29, 1.82) is 0 Å². The average molecular weight is 204 g/mol. The summed E-state index contributed by atoms with van der Waals surface area (Å²) >= 11 is 0. The normalized spacial score (nSPS) is 19.8. The molecule has 0 radical (unpaired) electrons. The molecule has 1 aliphatic rings. The number of hydrogen-bond donors (Lipinski definition) is 0. The minimum Gasteiger partial charge on any atom is -0.463 e. The van der Waals surface area contributed by atoms with Crippen molar-refractivity contribution in [2.75, 3.05) is 0 Å². The Hall–Kier alpha value is -1.31. The summed E-state index contributed by atoms with van der Waals surface area (Å²) in [6.45, 7) is 2.07. The monoisotopic (exact) mass is 204 g/mol. The molecule has 0 N–H and O–H groups in total. The van der Waals surface area contributed by atoms with Gasteiger partial charge in [0.15, 0.2) is 0 Å². The molecule has 0 unspecified atom stereocenters. The van der Waals surface area contributed by atoms with Crippen LogP contribution in [0.2, 0.25) is 0 Å². The third-order valence-corrected chi connectivity index (χ3v) is 3.40. The molecule has 0 aromatic heterocycles. The molecule has 80 valence electrons. The molecule has 0 amide bonds. The van der Waals surface area contributed by atoms with Crippen molar-refractivity contribution in [3.8, 4) is 0 Å². The smallest absolute Gasteiger partial charge is 0.328 e. The molecule has 0 aliphatic heterocycles. The molecule has 2 rings (SSSR count). The molecule has 2 nitrogen and oxygen atoms in total. The average Bonchev–Trinajstić information content (AvgIpc) is 2.69. The first-order valence-electron chi connectivity index (χ1n) is 5.47. The molecule has 0 atom stereocenters. The van der Waals surface area contributed by atoms with E-state index in [0.29, 0.717) is 0 Å². The second-order valence-corrected chi connectivity index (χ2v) is 4.44. The molecular weight excluding hydrogens is 188 g/mol. The van der Waals surface area contributed by atoms with Crippen molar-refractivity contribution in [3.63, 3.8) is 0 Å². The molecule has 0 bridgehead atoms. The molecule has 0 heterocycles. The Kier molecular flexibility index (Phi) is 2.76. The molecule has 1 aromatic rings. The van der Waals surface area contributed by atoms with Crippen LogP contribution < -0.4 is 5.26 Å². The fourth-order valence-corrected chi connectivity index (χ4v) is 2.46. The Balaban J connectivity index is 2.36. The quantitative estimate of drug-likeness (QED) is 0.313. The van der Waals surface area contributed by atoms with Gasteiger partial charge in [-0.25, -0.2) is 0 Å². The van der Waals surface area contributed by atoms with Crippen LogP contribution in [0.25, 0.3) is 0 Å². The lowest BCUT2D eigenvalue weighted by atomic mass is 9.80. The van der Waals surface area contributed by atoms with Crippen LogP contribution in [-0.2, 0) is 9.99 Å². The van der Waals surface area contributed by atoms with Gasteiger partial charge in [-0.15, -0.1) is 0 Å². The van der Waals surface area contributed by atoms with Gasteiger partial charge < -0.3 is 5.26 Å². The summed E-state index contributed by atoms with van der Waals surface area (Å²) in [7, 11) is 0. The van der Waals surface area contributed by atoms with Gasteiger partial charge in [0.2, 0.25) is 0 Å². The minimum atomic E-state index is -0.130. The van der Waals surface area contributed by atoms with E-state index in [4.69, 9.17) is 0 Å². The van der Waals surface area contributed by atoms with Gasteiger partial charge in [-0.05, 0) is 25.3 Å². The topological polar surface area (TPSA) is 34.4 Å². The number of aldehydes is 1. The first kappa shape index (κ1) is 10.2. The third kappa shape index (κ3) is 1.89. The summed E-state index contributed by atoms with van der Waals surface area (Å²) in [6.07, 6.45) is 5.88. The summed E-state index contributed by atoms with van der Waals surface area (Å²) in [5, 5.41) is 10.4.